The Balaban J connectivity index is 1.57. The molecule has 1 aliphatic rings. The highest BCUT2D eigenvalue weighted by atomic mass is 35.5. The molecule has 2 aromatic carbocycles. The summed E-state index contributed by atoms with van der Waals surface area (Å²) in [6.45, 7) is 2.33. The first kappa shape index (κ1) is 21.0. The summed E-state index contributed by atoms with van der Waals surface area (Å²) in [5.74, 6) is -0.523. The number of carbonyl (C=O) groups is 1. The van der Waals surface area contributed by atoms with Crippen molar-refractivity contribution in [3.63, 3.8) is 0 Å². The van der Waals surface area contributed by atoms with Gasteiger partial charge in [0.15, 0.2) is 0 Å². The van der Waals surface area contributed by atoms with Crippen LogP contribution in [0.4, 0.5) is 4.39 Å². The van der Waals surface area contributed by atoms with Gasteiger partial charge in [-0.15, -0.1) is 0 Å². The molecule has 0 atom stereocenters. The first-order valence-corrected chi connectivity index (χ1v) is 11.0. The number of pyridine rings is 1. The van der Waals surface area contributed by atoms with Gasteiger partial charge in [-0.1, -0.05) is 41.4 Å². The maximum absolute atomic E-state index is 14.2. The number of carbonyl (C=O) groups excluding carboxylic acids is 1. The summed E-state index contributed by atoms with van der Waals surface area (Å²) in [6.07, 6.45) is 1.89. The molecule has 0 saturated carbocycles. The number of fused-ring (bicyclic) bond motifs is 1. The van der Waals surface area contributed by atoms with Gasteiger partial charge in [-0.05, 0) is 48.0 Å². The zero-order valence-corrected chi connectivity index (χ0v) is 18.5. The molecule has 32 heavy (non-hydrogen) atoms. The average Bonchev–Trinajstić information content (AvgIpc) is 3.21. The molecule has 1 amide bonds. The normalized spacial score (nSPS) is 14.2. The van der Waals surface area contributed by atoms with Crippen LogP contribution in [0, 0.1) is 5.82 Å². The number of ether oxygens (including phenoxy) is 1. The quantitative estimate of drug-likeness (QED) is 0.335. The van der Waals surface area contributed by atoms with E-state index in [0.29, 0.717) is 48.1 Å². The van der Waals surface area contributed by atoms with Gasteiger partial charge in [0.1, 0.15) is 5.82 Å². The largest absolute Gasteiger partial charge is 0.378 e. The van der Waals surface area contributed by atoms with Gasteiger partial charge >= 0.3 is 0 Å². The van der Waals surface area contributed by atoms with Crippen molar-refractivity contribution in [2.45, 2.75) is 0 Å². The van der Waals surface area contributed by atoms with Crippen molar-refractivity contribution in [3.8, 4) is 22.4 Å². The maximum atomic E-state index is 14.2. The summed E-state index contributed by atoms with van der Waals surface area (Å²) in [7, 11) is 0. The summed E-state index contributed by atoms with van der Waals surface area (Å²) in [6, 6.07) is 18.0. The number of nitrogens with zero attached hydrogens (tertiary/aromatic N) is 2. The van der Waals surface area contributed by atoms with Crippen LogP contribution in [0.3, 0.4) is 0 Å². The van der Waals surface area contributed by atoms with Crippen molar-refractivity contribution in [1.29, 1.82) is 0 Å². The highest BCUT2D eigenvalue weighted by Gasteiger charge is 2.21. The number of aromatic nitrogens is 1. The Morgan fingerprint density at radius 3 is 2.47 bits per heavy atom. The first-order chi connectivity index (χ1) is 15.5. The number of rotatable bonds is 3. The summed E-state index contributed by atoms with van der Waals surface area (Å²) < 4.78 is 21.5. The van der Waals surface area contributed by atoms with Crippen molar-refractivity contribution in [2.75, 3.05) is 26.3 Å². The lowest BCUT2D eigenvalue weighted by atomic mass is 10.0. The van der Waals surface area contributed by atoms with Crippen LogP contribution >= 0.6 is 23.2 Å². The average molecular weight is 469 g/mol. The van der Waals surface area contributed by atoms with Gasteiger partial charge < -0.3 is 14.0 Å². The number of amides is 1. The molecule has 4 nitrogen and oxygen atoms in total. The molecule has 0 spiro atoms. The van der Waals surface area contributed by atoms with E-state index in [9.17, 15) is 9.18 Å². The predicted molar refractivity (Wildman–Crippen MR) is 125 cm³/mol. The van der Waals surface area contributed by atoms with Crippen molar-refractivity contribution in [2.24, 2.45) is 0 Å². The lowest BCUT2D eigenvalue weighted by Crippen LogP contribution is -2.40. The molecule has 1 fully saturated rings. The van der Waals surface area contributed by atoms with Crippen LogP contribution in [-0.2, 0) is 4.74 Å². The van der Waals surface area contributed by atoms with Gasteiger partial charge in [-0.25, -0.2) is 4.39 Å². The van der Waals surface area contributed by atoms with Crippen molar-refractivity contribution >= 4 is 34.6 Å². The summed E-state index contributed by atoms with van der Waals surface area (Å²) in [5.41, 5.74) is 4.56. The lowest BCUT2D eigenvalue weighted by molar-refractivity contribution is 0.0303. The van der Waals surface area contributed by atoms with E-state index >= 15 is 0 Å². The van der Waals surface area contributed by atoms with Crippen molar-refractivity contribution in [3.05, 3.63) is 88.3 Å². The van der Waals surface area contributed by atoms with E-state index in [-0.39, 0.29) is 10.9 Å². The minimum absolute atomic E-state index is 0.000558. The van der Waals surface area contributed by atoms with Crippen molar-refractivity contribution < 1.29 is 13.9 Å². The second kappa shape index (κ2) is 8.58. The Kier molecular flexibility index (Phi) is 5.64. The molecule has 1 saturated heterocycles. The maximum Gasteiger partial charge on any atom is 0.254 e. The molecule has 4 aromatic rings. The van der Waals surface area contributed by atoms with Gasteiger partial charge in [0.05, 0.1) is 34.5 Å². The highest BCUT2D eigenvalue weighted by molar-refractivity contribution is 6.39. The number of benzene rings is 2. The third-order valence-electron chi connectivity index (χ3n) is 5.72. The molecule has 162 valence electrons. The molecule has 5 rings (SSSR count). The van der Waals surface area contributed by atoms with Crippen LogP contribution in [0.15, 0.2) is 66.9 Å². The minimum Gasteiger partial charge on any atom is -0.378 e. The molecule has 7 heteroatoms. The molecule has 1 aliphatic heterocycles. The van der Waals surface area contributed by atoms with E-state index < -0.39 is 5.82 Å². The topological polar surface area (TPSA) is 34.0 Å². The summed E-state index contributed by atoms with van der Waals surface area (Å²) in [4.78, 5) is 14.6. The molecular weight excluding hydrogens is 450 g/mol. The Hall–Kier alpha value is -2.86. The zero-order valence-electron chi connectivity index (χ0n) is 17.0. The zero-order chi connectivity index (χ0) is 22.2. The smallest absolute Gasteiger partial charge is 0.254 e. The fourth-order valence-electron chi connectivity index (χ4n) is 4.08. The highest BCUT2D eigenvalue weighted by Crippen LogP contribution is 2.40. The first-order valence-electron chi connectivity index (χ1n) is 10.3. The predicted octanol–water partition coefficient (Wildman–Crippen LogP) is 6.19. The van der Waals surface area contributed by atoms with Crippen LogP contribution in [-0.4, -0.2) is 41.5 Å². The summed E-state index contributed by atoms with van der Waals surface area (Å²) in [5, 5.41) is 0.358. The molecule has 0 aliphatic carbocycles. The number of hydrogen-bond donors (Lipinski definition) is 0. The van der Waals surface area contributed by atoms with E-state index in [4.69, 9.17) is 27.9 Å². The molecule has 2 aromatic heterocycles. The number of hydrogen-bond acceptors (Lipinski definition) is 2. The van der Waals surface area contributed by atoms with E-state index in [1.54, 1.807) is 4.90 Å². The van der Waals surface area contributed by atoms with E-state index in [1.807, 2.05) is 59.1 Å². The molecule has 0 bridgehead atoms. The Morgan fingerprint density at radius 1 is 0.969 bits per heavy atom. The van der Waals surface area contributed by atoms with Gasteiger partial charge in [0.2, 0.25) is 0 Å². The number of halogens is 3. The van der Waals surface area contributed by atoms with Crippen molar-refractivity contribution in [1.82, 2.24) is 9.30 Å². The van der Waals surface area contributed by atoms with E-state index in [1.165, 1.54) is 12.1 Å². The molecule has 0 N–H and O–H groups in total. The standard InChI is InChI=1S/C25H19Cl2FN2O2/c26-19-8-9-20(28)24(27)23(19)22-15-18(21-3-1-2-10-30(21)22)16-4-6-17(7-5-16)25(31)29-11-13-32-14-12-29/h1-10,15H,11-14H2. The third-order valence-corrected chi connectivity index (χ3v) is 6.40. The fourth-order valence-corrected chi connectivity index (χ4v) is 4.64. The molecule has 0 unspecified atom stereocenters. The molecular formula is C25H19Cl2FN2O2. The van der Waals surface area contributed by atoms with Gasteiger partial charge in [-0.3, -0.25) is 4.79 Å². The SMILES string of the molecule is O=C(c1ccc(-c2cc(-c3c(Cl)ccc(F)c3Cl)n3ccccc23)cc1)N1CCOCC1. The van der Waals surface area contributed by atoms with Crippen LogP contribution < -0.4 is 0 Å². The van der Waals surface area contributed by atoms with E-state index in [2.05, 4.69) is 0 Å². The van der Waals surface area contributed by atoms with Crippen LogP contribution in [0.1, 0.15) is 10.4 Å². The Bertz CT molecular complexity index is 1310. The Morgan fingerprint density at radius 2 is 1.72 bits per heavy atom. The lowest BCUT2D eigenvalue weighted by Gasteiger charge is -2.26. The molecule has 0 radical (unpaired) electrons. The monoisotopic (exact) mass is 468 g/mol. The Labute approximate surface area is 194 Å². The minimum atomic E-state index is -0.524. The van der Waals surface area contributed by atoms with Gasteiger partial charge in [0, 0.05) is 36.0 Å². The number of morpholine rings is 1. The molecule has 3 heterocycles. The second-order valence-electron chi connectivity index (χ2n) is 7.60. The van der Waals surface area contributed by atoms with E-state index in [0.717, 1.165) is 16.6 Å². The third kappa shape index (κ3) is 3.66. The van der Waals surface area contributed by atoms with Crippen LogP contribution in [0.25, 0.3) is 27.9 Å². The fraction of sp³-hybridized carbons (Fsp3) is 0.160. The van der Waals surface area contributed by atoms with Gasteiger partial charge in [0.25, 0.3) is 5.91 Å². The van der Waals surface area contributed by atoms with Gasteiger partial charge in [-0.2, -0.15) is 0 Å². The second-order valence-corrected chi connectivity index (χ2v) is 8.38. The van der Waals surface area contributed by atoms with Crippen LogP contribution in [0.5, 0.6) is 0 Å². The van der Waals surface area contributed by atoms with Crippen LogP contribution in [0.2, 0.25) is 10.0 Å². The summed E-state index contributed by atoms with van der Waals surface area (Å²) >= 11 is 12.7.